The van der Waals surface area contributed by atoms with E-state index in [1.165, 1.54) is 64.3 Å². The number of hydrogen-bond donors (Lipinski definition) is 1. The molecule has 88 valence electrons. The maximum Gasteiger partial charge on any atom is 0.00683 e. The average molecular weight is 209 g/mol. The van der Waals surface area contributed by atoms with E-state index in [9.17, 15) is 0 Å². The molecule has 2 rings (SSSR count). The molecular weight excluding hydrogens is 182 g/mol. The van der Waals surface area contributed by atoms with Gasteiger partial charge < -0.3 is 5.32 Å². The van der Waals surface area contributed by atoms with Gasteiger partial charge >= 0.3 is 0 Å². The van der Waals surface area contributed by atoms with Gasteiger partial charge in [-0.25, -0.2) is 0 Å². The topological polar surface area (TPSA) is 12.0 Å². The summed E-state index contributed by atoms with van der Waals surface area (Å²) in [7, 11) is 0. The highest BCUT2D eigenvalue weighted by atomic mass is 14.9. The van der Waals surface area contributed by atoms with Crippen LogP contribution < -0.4 is 5.32 Å². The van der Waals surface area contributed by atoms with E-state index in [1.54, 1.807) is 0 Å². The first kappa shape index (κ1) is 11.4. The maximum absolute atomic E-state index is 3.73. The Balaban J connectivity index is 1.70. The second kappa shape index (κ2) is 5.89. The lowest BCUT2D eigenvalue weighted by Crippen LogP contribution is -2.31. The minimum Gasteiger partial charge on any atom is -0.314 e. The van der Waals surface area contributed by atoms with Gasteiger partial charge in [0.2, 0.25) is 0 Å². The molecule has 2 atom stereocenters. The summed E-state index contributed by atoms with van der Waals surface area (Å²) in [5, 5.41) is 3.73. The lowest BCUT2D eigenvalue weighted by molar-refractivity contribution is 0.213. The Morgan fingerprint density at radius 3 is 2.40 bits per heavy atom. The predicted octanol–water partition coefficient (Wildman–Crippen LogP) is 3.74. The summed E-state index contributed by atoms with van der Waals surface area (Å²) >= 11 is 0. The highest BCUT2D eigenvalue weighted by Crippen LogP contribution is 2.33. The van der Waals surface area contributed by atoms with E-state index in [-0.39, 0.29) is 0 Å². The Bertz CT molecular complexity index is 174. The summed E-state index contributed by atoms with van der Waals surface area (Å²) in [6.45, 7) is 3.64. The first-order chi connectivity index (χ1) is 7.40. The van der Waals surface area contributed by atoms with E-state index in [0.29, 0.717) is 0 Å². The number of hydrogen-bond acceptors (Lipinski definition) is 1. The quantitative estimate of drug-likeness (QED) is 0.703. The van der Waals surface area contributed by atoms with Gasteiger partial charge in [-0.05, 0) is 37.6 Å². The number of unbranched alkanes of at least 4 members (excludes halogenated alkanes) is 1. The van der Waals surface area contributed by atoms with Crippen LogP contribution in [-0.2, 0) is 0 Å². The number of nitrogens with one attached hydrogen (secondary N) is 1. The lowest BCUT2D eigenvalue weighted by Gasteiger charge is -2.32. The van der Waals surface area contributed by atoms with Crippen molar-refractivity contribution in [3.63, 3.8) is 0 Å². The van der Waals surface area contributed by atoms with Crippen LogP contribution in [0.2, 0.25) is 0 Å². The molecule has 2 saturated carbocycles. The molecule has 0 radical (unpaired) electrons. The molecule has 0 aromatic carbocycles. The van der Waals surface area contributed by atoms with Crippen molar-refractivity contribution in [2.45, 2.75) is 70.8 Å². The second-order valence-electron chi connectivity index (χ2n) is 5.63. The molecule has 0 aromatic heterocycles. The normalized spacial score (nSPS) is 31.8. The molecule has 0 heterocycles. The molecule has 0 saturated heterocycles. The van der Waals surface area contributed by atoms with Crippen LogP contribution >= 0.6 is 0 Å². The van der Waals surface area contributed by atoms with Crippen LogP contribution in [0.1, 0.15) is 64.7 Å². The van der Waals surface area contributed by atoms with E-state index in [4.69, 9.17) is 0 Å². The van der Waals surface area contributed by atoms with Crippen molar-refractivity contribution in [3.05, 3.63) is 0 Å². The predicted molar refractivity (Wildman–Crippen MR) is 66.0 cm³/mol. The van der Waals surface area contributed by atoms with Crippen LogP contribution in [0.25, 0.3) is 0 Å². The molecule has 0 spiro atoms. The molecule has 0 amide bonds. The fraction of sp³-hybridized carbons (Fsp3) is 1.00. The molecule has 0 bridgehead atoms. The Kier molecular flexibility index (Phi) is 4.49. The highest BCUT2D eigenvalue weighted by Gasteiger charge is 2.27. The van der Waals surface area contributed by atoms with E-state index in [1.807, 2.05) is 0 Å². The molecule has 0 aliphatic heterocycles. The van der Waals surface area contributed by atoms with Crippen molar-refractivity contribution >= 4 is 0 Å². The SMILES string of the molecule is CCCCC1CCCCC1CNC1CC1. The summed E-state index contributed by atoms with van der Waals surface area (Å²) in [4.78, 5) is 0. The van der Waals surface area contributed by atoms with E-state index < -0.39 is 0 Å². The van der Waals surface area contributed by atoms with Crippen LogP contribution in [-0.4, -0.2) is 12.6 Å². The van der Waals surface area contributed by atoms with E-state index in [0.717, 1.165) is 17.9 Å². The molecular formula is C14H27N. The van der Waals surface area contributed by atoms with Crippen LogP contribution in [0.4, 0.5) is 0 Å². The molecule has 1 nitrogen and oxygen atoms in total. The molecule has 2 fully saturated rings. The Morgan fingerprint density at radius 1 is 1.00 bits per heavy atom. The smallest absolute Gasteiger partial charge is 0.00683 e. The molecule has 1 heteroatoms. The third kappa shape index (κ3) is 3.79. The van der Waals surface area contributed by atoms with E-state index >= 15 is 0 Å². The second-order valence-corrected chi connectivity index (χ2v) is 5.63. The van der Waals surface area contributed by atoms with Gasteiger partial charge in [-0.3, -0.25) is 0 Å². The lowest BCUT2D eigenvalue weighted by atomic mass is 9.76. The maximum atomic E-state index is 3.73. The molecule has 15 heavy (non-hydrogen) atoms. The van der Waals surface area contributed by atoms with Gasteiger partial charge in [0, 0.05) is 6.04 Å². The van der Waals surface area contributed by atoms with Gasteiger partial charge in [0.25, 0.3) is 0 Å². The standard InChI is InChI=1S/C14H27N/c1-2-3-6-12-7-4-5-8-13(12)11-15-14-9-10-14/h12-15H,2-11H2,1H3. The zero-order valence-electron chi connectivity index (χ0n) is 10.3. The summed E-state index contributed by atoms with van der Waals surface area (Å²) in [6.07, 6.45) is 13.2. The molecule has 2 aliphatic carbocycles. The highest BCUT2D eigenvalue weighted by molar-refractivity contribution is 4.84. The fourth-order valence-electron chi connectivity index (χ4n) is 3.01. The summed E-state index contributed by atoms with van der Waals surface area (Å²) in [5.74, 6) is 2.05. The van der Waals surface area contributed by atoms with Gasteiger partial charge in [0.15, 0.2) is 0 Å². The minimum atomic E-state index is 0.902. The van der Waals surface area contributed by atoms with Crippen LogP contribution in [0.5, 0.6) is 0 Å². The Morgan fingerprint density at radius 2 is 1.73 bits per heavy atom. The molecule has 1 N–H and O–H groups in total. The van der Waals surface area contributed by atoms with Gasteiger partial charge in [0.05, 0.1) is 0 Å². The Labute approximate surface area is 95.0 Å². The van der Waals surface area contributed by atoms with Crippen molar-refractivity contribution in [2.75, 3.05) is 6.54 Å². The van der Waals surface area contributed by atoms with Crippen molar-refractivity contribution < 1.29 is 0 Å². The van der Waals surface area contributed by atoms with Gasteiger partial charge in [0.1, 0.15) is 0 Å². The van der Waals surface area contributed by atoms with Crippen molar-refractivity contribution in [2.24, 2.45) is 11.8 Å². The van der Waals surface area contributed by atoms with Crippen molar-refractivity contribution in [3.8, 4) is 0 Å². The fourth-order valence-corrected chi connectivity index (χ4v) is 3.01. The zero-order valence-corrected chi connectivity index (χ0v) is 10.3. The summed E-state index contributed by atoms with van der Waals surface area (Å²) in [6, 6.07) is 0.902. The summed E-state index contributed by atoms with van der Waals surface area (Å²) < 4.78 is 0. The first-order valence-corrected chi connectivity index (χ1v) is 7.13. The minimum absolute atomic E-state index is 0.902. The van der Waals surface area contributed by atoms with Crippen molar-refractivity contribution in [1.29, 1.82) is 0 Å². The molecule has 2 aliphatic rings. The van der Waals surface area contributed by atoms with Crippen LogP contribution in [0.15, 0.2) is 0 Å². The van der Waals surface area contributed by atoms with Crippen LogP contribution in [0, 0.1) is 11.8 Å². The zero-order chi connectivity index (χ0) is 10.5. The van der Waals surface area contributed by atoms with Crippen molar-refractivity contribution in [1.82, 2.24) is 5.32 Å². The van der Waals surface area contributed by atoms with E-state index in [2.05, 4.69) is 12.2 Å². The van der Waals surface area contributed by atoms with Gasteiger partial charge in [-0.15, -0.1) is 0 Å². The average Bonchev–Trinajstić information content (AvgIpc) is 3.08. The van der Waals surface area contributed by atoms with Gasteiger partial charge in [-0.1, -0.05) is 45.4 Å². The third-order valence-electron chi connectivity index (χ3n) is 4.24. The van der Waals surface area contributed by atoms with Crippen LogP contribution in [0.3, 0.4) is 0 Å². The first-order valence-electron chi connectivity index (χ1n) is 7.13. The number of rotatable bonds is 6. The monoisotopic (exact) mass is 209 g/mol. The molecule has 2 unspecified atom stereocenters. The third-order valence-corrected chi connectivity index (χ3v) is 4.24. The molecule has 0 aromatic rings. The summed E-state index contributed by atoms with van der Waals surface area (Å²) in [5.41, 5.74) is 0. The Hall–Kier alpha value is -0.0400. The largest absolute Gasteiger partial charge is 0.314 e. The van der Waals surface area contributed by atoms with Gasteiger partial charge in [-0.2, -0.15) is 0 Å².